The van der Waals surface area contributed by atoms with Crippen molar-refractivity contribution in [3.8, 4) is 0 Å². The molecule has 1 aromatic rings. The van der Waals surface area contributed by atoms with Crippen LogP contribution in [-0.4, -0.2) is 107 Å². The summed E-state index contributed by atoms with van der Waals surface area (Å²) in [5.41, 5.74) is 7.36. The smallest absolute Gasteiger partial charge is 0.353 e. The molecule has 0 saturated carbocycles. The van der Waals surface area contributed by atoms with Crippen LogP contribution >= 0.6 is 0 Å². The van der Waals surface area contributed by atoms with E-state index in [1.165, 1.54) is 21.1 Å². The molecule has 14 nitrogen and oxygen atoms in total. The lowest BCUT2D eigenvalue weighted by Crippen LogP contribution is -2.50. The lowest BCUT2D eigenvalue weighted by Gasteiger charge is -2.33. The number of ether oxygens (including phenoxy) is 2. The van der Waals surface area contributed by atoms with Gasteiger partial charge in [-0.05, 0) is 65.5 Å². The molecular formula is C29H46N4O10S. The van der Waals surface area contributed by atoms with Crippen molar-refractivity contribution in [1.82, 2.24) is 9.80 Å². The highest BCUT2D eigenvalue weighted by molar-refractivity contribution is 7.80. The van der Waals surface area contributed by atoms with E-state index < -0.39 is 22.5 Å². The molecule has 44 heavy (non-hydrogen) atoms. The van der Waals surface area contributed by atoms with Crippen molar-refractivity contribution in [2.75, 3.05) is 47.3 Å². The molecule has 0 bridgehead atoms. The summed E-state index contributed by atoms with van der Waals surface area (Å²) in [5, 5.41) is 0. The van der Waals surface area contributed by atoms with Crippen LogP contribution in [0.5, 0.6) is 0 Å². The Morgan fingerprint density at radius 3 is 1.93 bits per heavy atom. The second-order valence-corrected chi connectivity index (χ2v) is 12.2. The molecule has 2 saturated heterocycles. The predicted molar refractivity (Wildman–Crippen MR) is 159 cm³/mol. The van der Waals surface area contributed by atoms with Gasteiger partial charge in [-0.2, -0.15) is 4.79 Å². The molecule has 2 aliphatic heterocycles. The molecule has 15 heteroatoms. The minimum atomic E-state index is -1.67. The van der Waals surface area contributed by atoms with Gasteiger partial charge in [-0.25, -0.2) is 23.8 Å². The number of hydrogen-bond acceptors (Lipinski definition) is 10. The molecule has 1 aromatic carbocycles. The molecule has 2 amide bonds. The zero-order chi connectivity index (χ0) is 32.8. The van der Waals surface area contributed by atoms with Crippen molar-refractivity contribution in [1.29, 1.82) is 0 Å². The maximum atomic E-state index is 12.6. The second-order valence-electron chi connectivity index (χ2n) is 11.0. The lowest BCUT2D eigenvalue weighted by molar-refractivity contribution is -0.273. The Labute approximate surface area is 261 Å². The molecule has 0 aliphatic carbocycles. The van der Waals surface area contributed by atoms with Crippen LogP contribution in [0.3, 0.4) is 0 Å². The standard InChI is InChI=1S/C17H25NO6S.C12H21N3O4/c1-17(2)18(14(12-22-17)8-7-11-23-21-3)16(19)13-24-25(20)15-9-5-4-6-10-15;1-9(14-13)11(16)15-10(6-5-7-19-17-4)8-18-12(15,2)3/h4-6,9-10,14H,7-8,11-13H2,1-3H3;10H,5-8H2,1-4H3. The van der Waals surface area contributed by atoms with E-state index in [0.717, 1.165) is 25.7 Å². The molecule has 2 heterocycles. The molecular weight excluding hydrogens is 596 g/mol. The first-order valence-corrected chi connectivity index (χ1v) is 15.5. The zero-order valence-corrected chi connectivity index (χ0v) is 27.5. The third-order valence-corrected chi connectivity index (χ3v) is 8.08. The van der Waals surface area contributed by atoms with Gasteiger partial charge in [-0.3, -0.25) is 18.7 Å². The Morgan fingerprint density at radius 2 is 1.43 bits per heavy atom. The van der Waals surface area contributed by atoms with Crippen LogP contribution in [0.4, 0.5) is 0 Å². The fraction of sp³-hybridized carbons (Fsp3) is 0.690. The van der Waals surface area contributed by atoms with Crippen LogP contribution in [0.15, 0.2) is 35.2 Å². The lowest BCUT2D eigenvalue weighted by atomic mass is 10.1. The van der Waals surface area contributed by atoms with Gasteiger partial charge in [0.15, 0.2) is 11.1 Å². The Hall–Kier alpha value is -2.59. The van der Waals surface area contributed by atoms with Gasteiger partial charge in [-0.15, -0.1) is 0 Å². The Bertz CT molecular complexity index is 1130. The van der Waals surface area contributed by atoms with E-state index in [4.69, 9.17) is 29.0 Å². The molecule has 0 spiro atoms. The Balaban J connectivity index is 0.000000319. The van der Waals surface area contributed by atoms with Crippen molar-refractivity contribution in [2.45, 2.75) is 88.7 Å². The SMILES string of the molecule is COOCCCC1COC(C)(C)N1C(=O)C(C)=[N+]=[N-].COOCCCC1COC(C)(C)N1C(=O)COS(=O)c1ccccc1. The van der Waals surface area contributed by atoms with Crippen molar-refractivity contribution in [3.05, 3.63) is 35.9 Å². The van der Waals surface area contributed by atoms with Crippen molar-refractivity contribution in [2.24, 2.45) is 0 Å². The van der Waals surface area contributed by atoms with Crippen molar-refractivity contribution >= 4 is 28.6 Å². The maximum absolute atomic E-state index is 12.6. The first-order valence-electron chi connectivity index (χ1n) is 14.4. The molecule has 3 unspecified atom stereocenters. The quantitative estimate of drug-likeness (QED) is 0.0695. The van der Waals surface area contributed by atoms with E-state index in [2.05, 4.69) is 14.6 Å². The normalized spacial score (nSPS) is 20.9. The summed E-state index contributed by atoms with van der Waals surface area (Å²) in [6, 6.07) is 8.64. The predicted octanol–water partition coefficient (Wildman–Crippen LogP) is 3.05. The zero-order valence-electron chi connectivity index (χ0n) is 26.7. The van der Waals surface area contributed by atoms with Crippen LogP contribution in [0, 0.1) is 0 Å². The van der Waals surface area contributed by atoms with Gasteiger partial charge in [0.25, 0.3) is 5.91 Å². The highest BCUT2D eigenvalue weighted by Gasteiger charge is 2.46. The summed E-state index contributed by atoms with van der Waals surface area (Å²) in [6.45, 7) is 10.4. The van der Waals surface area contributed by atoms with Crippen LogP contribution in [0.2, 0.25) is 0 Å². The van der Waals surface area contributed by atoms with Gasteiger partial charge in [0, 0.05) is 6.92 Å². The Morgan fingerprint density at radius 1 is 0.932 bits per heavy atom. The summed E-state index contributed by atoms with van der Waals surface area (Å²) in [4.78, 5) is 50.3. The molecule has 0 N–H and O–H groups in total. The second kappa shape index (κ2) is 18.4. The summed E-state index contributed by atoms with van der Waals surface area (Å²) in [5.74, 6) is -0.563. The van der Waals surface area contributed by atoms with E-state index in [-0.39, 0.29) is 36.2 Å². The molecule has 0 aromatic heterocycles. The minimum Gasteiger partial charge on any atom is -0.361 e. The van der Waals surface area contributed by atoms with Gasteiger partial charge >= 0.3 is 11.6 Å². The molecule has 3 rings (SSSR count). The largest absolute Gasteiger partial charge is 0.361 e. The number of carbonyl (C=O) groups excluding carboxylic acids is 2. The highest BCUT2D eigenvalue weighted by atomic mass is 32.2. The number of benzene rings is 1. The Kier molecular flexibility index (Phi) is 15.7. The number of amides is 2. The molecule has 3 atom stereocenters. The summed E-state index contributed by atoms with van der Waals surface area (Å²) in [6.07, 6.45) is 2.94. The van der Waals surface area contributed by atoms with E-state index in [9.17, 15) is 13.8 Å². The first kappa shape index (κ1) is 37.6. The number of rotatable bonds is 15. The van der Waals surface area contributed by atoms with Crippen LogP contribution in [0.25, 0.3) is 5.53 Å². The summed E-state index contributed by atoms with van der Waals surface area (Å²) < 4.78 is 28.7. The van der Waals surface area contributed by atoms with Gasteiger partial charge in [0.1, 0.15) is 18.1 Å². The van der Waals surface area contributed by atoms with Gasteiger partial charge in [0.05, 0.1) is 57.6 Å². The summed E-state index contributed by atoms with van der Waals surface area (Å²) >= 11 is -1.67. The molecule has 0 radical (unpaired) electrons. The number of hydrogen-bond donors (Lipinski definition) is 0. The van der Waals surface area contributed by atoms with Crippen LogP contribution < -0.4 is 0 Å². The molecule has 248 valence electrons. The van der Waals surface area contributed by atoms with E-state index >= 15 is 0 Å². The highest BCUT2D eigenvalue weighted by Crippen LogP contribution is 2.31. The topological polar surface area (TPSA) is 159 Å². The summed E-state index contributed by atoms with van der Waals surface area (Å²) in [7, 11) is 2.92. The van der Waals surface area contributed by atoms with Gasteiger partial charge in [-0.1, -0.05) is 18.2 Å². The average molecular weight is 643 g/mol. The van der Waals surface area contributed by atoms with Gasteiger partial charge < -0.3 is 19.9 Å². The number of nitrogens with zero attached hydrogens (tertiary/aromatic N) is 4. The van der Waals surface area contributed by atoms with Crippen LogP contribution in [-0.2, 0) is 53.9 Å². The fourth-order valence-electron chi connectivity index (χ4n) is 5.02. The monoisotopic (exact) mass is 642 g/mol. The first-order chi connectivity index (χ1) is 20.9. The maximum Gasteiger partial charge on any atom is 0.353 e. The third-order valence-electron chi connectivity index (χ3n) is 7.09. The van der Waals surface area contributed by atoms with Crippen molar-refractivity contribution < 1.29 is 51.8 Å². The van der Waals surface area contributed by atoms with Crippen LogP contribution in [0.1, 0.15) is 60.3 Å². The molecule has 2 aliphatic rings. The van der Waals surface area contributed by atoms with E-state index in [0.29, 0.717) is 31.3 Å². The minimum absolute atomic E-state index is 0.0525. The number of carbonyl (C=O) groups is 2. The van der Waals surface area contributed by atoms with E-state index in [1.54, 1.807) is 34.1 Å². The van der Waals surface area contributed by atoms with Gasteiger partial charge in [0.2, 0.25) is 0 Å². The van der Waals surface area contributed by atoms with E-state index in [1.807, 2.05) is 33.8 Å². The van der Waals surface area contributed by atoms with Crippen molar-refractivity contribution in [3.63, 3.8) is 0 Å². The third kappa shape index (κ3) is 11.1. The fourth-order valence-corrected chi connectivity index (χ4v) is 5.74. The average Bonchev–Trinajstić information content (AvgIpc) is 3.49. The molecule has 2 fully saturated rings.